The molecular formula is C25H32ClF3N4O4. The van der Waals surface area contributed by atoms with Gasteiger partial charge in [-0.1, -0.05) is 37.6 Å². The van der Waals surface area contributed by atoms with Crippen LogP contribution < -0.4 is 16.0 Å². The minimum Gasteiger partial charge on any atom is -0.375 e. The molecule has 3 amide bonds. The number of aliphatic hydroxyl groups is 1. The number of nitriles is 1. The van der Waals surface area contributed by atoms with Crippen molar-refractivity contribution in [3.05, 3.63) is 34.9 Å². The SMILES string of the molecule is CC(C)CC(NC(=O)C(C)(C)C(O)(c1ccc(Cl)cc1)C(F)(F)F)C(=O)NC(C#N)CC1CCNC1=O. The number of halogens is 4. The number of alkyl halides is 3. The minimum absolute atomic E-state index is 0.0567. The maximum Gasteiger partial charge on any atom is 0.422 e. The van der Waals surface area contributed by atoms with Crippen LogP contribution in [0.5, 0.6) is 0 Å². The largest absolute Gasteiger partial charge is 0.422 e. The molecule has 1 fully saturated rings. The molecular weight excluding hydrogens is 513 g/mol. The molecule has 37 heavy (non-hydrogen) atoms. The van der Waals surface area contributed by atoms with E-state index in [9.17, 15) is 37.9 Å². The van der Waals surface area contributed by atoms with Crippen molar-refractivity contribution in [1.29, 1.82) is 5.26 Å². The second-order valence-corrected chi connectivity index (χ2v) is 10.6. The van der Waals surface area contributed by atoms with E-state index >= 15 is 0 Å². The van der Waals surface area contributed by atoms with Crippen LogP contribution in [-0.4, -0.2) is 47.6 Å². The number of hydrogen-bond acceptors (Lipinski definition) is 5. The summed E-state index contributed by atoms with van der Waals surface area (Å²) < 4.78 is 42.9. The fourth-order valence-corrected chi connectivity index (χ4v) is 4.47. The van der Waals surface area contributed by atoms with Crippen molar-refractivity contribution < 1.29 is 32.7 Å². The molecule has 1 heterocycles. The zero-order valence-electron chi connectivity index (χ0n) is 21.1. The van der Waals surface area contributed by atoms with Gasteiger partial charge in [-0.3, -0.25) is 14.4 Å². The highest BCUT2D eigenvalue weighted by Crippen LogP contribution is 2.51. The number of carbonyl (C=O) groups excluding carboxylic acids is 3. The van der Waals surface area contributed by atoms with Gasteiger partial charge in [-0.05, 0) is 56.7 Å². The molecule has 1 aliphatic heterocycles. The summed E-state index contributed by atoms with van der Waals surface area (Å²) in [4.78, 5) is 38.2. The molecule has 204 valence electrons. The van der Waals surface area contributed by atoms with Gasteiger partial charge in [0, 0.05) is 17.5 Å². The average Bonchev–Trinajstić information content (AvgIpc) is 3.20. The quantitative estimate of drug-likeness (QED) is 0.359. The summed E-state index contributed by atoms with van der Waals surface area (Å²) in [6.07, 6.45) is -4.63. The van der Waals surface area contributed by atoms with Gasteiger partial charge in [-0.2, -0.15) is 18.4 Å². The molecule has 1 aromatic rings. The van der Waals surface area contributed by atoms with E-state index < -0.39 is 52.6 Å². The van der Waals surface area contributed by atoms with Crippen LogP contribution in [0.3, 0.4) is 0 Å². The predicted octanol–water partition coefficient (Wildman–Crippen LogP) is 3.18. The summed E-state index contributed by atoms with van der Waals surface area (Å²) >= 11 is 5.79. The Morgan fingerprint density at radius 2 is 1.81 bits per heavy atom. The predicted molar refractivity (Wildman–Crippen MR) is 130 cm³/mol. The topological polar surface area (TPSA) is 131 Å². The first-order chi connectivity index (χ1) is 17.0. The molecule has 0 aliphatic carbocycles. The van der Waals surface area contributed by atoms with Crippen LogP contribution in [0.2, 0.25) is 5.02 Å². The standard InChI is InChI=1S/C25H32ClF3N4O4/c1-14(2)11-19(21(35)32-18(13-30)12-15-9-10-31-20(15)34)33-22(36)23(3,4)24(37,25(27,28)29)16-5-7-17(26)8-6-16/h5-8,14-15,18-19,37H,9-12H2,1-4H3,(H,31,34)(H,32,35)(H,33,36). The van der Waals surface area contributed by atoms with Crippen molar-refractivity contribution in [3.8, 4) is 6.07 Å². The molecule has 4 N–H and O–H groups in total. The first-order valence-electron chi connectivity index (χ1n) is 11.9. The molecule has 1 aromatic carbocycles. The Balaban J connectivity index is 2.30. The van der Waals surface area contributed by atoms with Crippen LogP contribution in [0.1, 0.15) is 52.5 Å². The number of amides is 3. The Morgan fingerprint density at radius 1 is 1.22 bits per heavy atom. The van der Waals surface area contributed by atoms with E-state index in [1.165, 1.54) is 12.1 Å². The molecule has 0 radical (unpaired) electrons. The summed E-state index contributed by atoms with van der Waals surface area (Å²) in [7, 11) is 0. The van der Waals surface area contributed by atoms with Crippen molar-refractivity contribution in [2.75, 3.05) is 6.54 Å². The Hall–Kier alpha value is -2.84. The van der Waals surface area contributed by atoms with Gasteiger partial charge < -0.3 is 21.1 Å². The minimum atomic E-state index is -5.26. The third kappa shape index (κ3) is 6.73. The Morgan fingerprint density at radius 3 is 2.27 bits per heavy atom. The van der Waals surface area contributed by atoms with Gasteiger partial charge in [0.25, 0.3) is 0 Å². The number of carbonyl (C=O) groups is 3. The number of rotatable bonds is 10. The number of hydrogen-bond donors (Lipinski definition) is 4. The summed E-state index contributed by atoms with van der Waals surface area (Å²) in [5.41, 5.74) is -6.68. The molecule has 2 rings (SSSR count). The van der Waals surface area contributed by atoms with Crippen molar-refractivity contribution in [3.63, 3.8) is 0 Å². The molecule has 4 unspecified atom stereocenters. The second kappa shape index (κ2) is 11.7. The van der Waals surface area contributed by atoms with E-state index in [0.29, 0.717) is 13.0 Å². The van der Waals surface area contributed by atoms with E-state index in [2.05, 4.69) is 16.0 Å². The molecule has 0 bridgehead atoms. The maximum absolute atomic E-state index is 14.3. The van der Waals surface area contributed by atoms with Gasteiger partial charge >= 0.3 is 6.18 Å². The summed E-state index contributed by atoms with van der Waals surface area (Å²) in [6, 6.07) is 3.90. The van der Waals surface area contributed by atoms with E-state index in [0.717, 1.165) is 26.0 Å². The zero-order valence-corrected chi connectivity index (χ0v) is 21.8. The summed E-state index contributed by atoms with van der Waals surface area (Å²) in [5, 5.41) is 28.1. The summed E-state index contributed by atoms with van der Waals surface area (Å²) in [5.74, 6) is -2.82. The highest BCUT2D eigenvalue weighted by molar-refractivity contribution is 6.30. The van der Waals surface area contributed by atoms with Crippen LogP contribution in [0.4, 0.5) is 13.2 Å². The van der Waals surface area contributed by atoms with Crippen molar-refractivity contribution in [2.24, 2.45) is 17.3 Å². The molecule has 0 saturated carbocycles. The van der Waals surface area contributed by atoms with Gasteiger partial charge in [0.1, 0.15) is 12.1 Å². The average molecular weight is 545 g/mol. The van der Waals surface area contributed by atoms with Crippen molar-refractivity contribution >= 4 is 29.3 Å². The van der Waals surface area contributed by atoms with Gasteiger partial charge in [-0.25, -0.2) is 0 Å². The number of nitrogens with one attached hydrogen (secondary N) is 3. The Labute approximate surface area is 218 Å². The molecule has 12 heteroatoms. The Kier molecular flexibility index (Phi) is 9.60. The molecule has 1 saturated heterocycles. The smallest absolute Gasteiger partial charge is 0.375 e. The van der Waals surface area contributed by atoms with E-state index in [1.807, 2.05) is 6.07 Å². The zero-order chi connectivity index (χ0) is 28.2. The Bertz CT molecular complexity index is 1040. The van der Waals surface area contributed by atoms with Crippen LogP contribution in [0.25, 0.3) is 0 Å². The highest BCUT2D eigenvalue weighted by Gasteiger charge is 2.66. The lowest BCUT2D eigenvalue weighted by Gasteiger charge is -2.43. The van der Waals surface area contributed by atoms with E-state index in [4.69, 9.17) is 11.6 Å². The van der Waals surface area contributed by atoms with Crippen molar-refractivity contribution in [1.82, 2.24) is 16.0 Å². The van der Waals surface area contributed by atoms with E-state index in [-0.39, 0.29) is 29.7 Å². The van der Waals surface area contributed by atoms with Gasteiger partial charge in [0.2, 0.25) is 17.7 Å². The highest BCUT2D eigenvalue weighted by atomic mass is 35.5. The van der Waals surface area contributed by atoms with Crippen LogP contribution in [-0.2, 0) is 20.0 Å². The normalized spacial score (nSPS) is 19.4. The molecule has 0 aromatic heterocycles. The van der Waals surface area contributed by atoms with Crippen LogP contribution in [0.15, 0.2) is 24.3 Å². The third-order valence-electron chi connectivity index (χ3n) is 6.63. The first kappa shape index (κ1) is 30.4. The van der Waals surface area contributed by atoms with Crippen molar-refractivity contribution in [2.45, 2.75) is 70.8 Å². The molecule has 1 aliphatic rings. The number of nitrogens with zero attached hydrogens (tertiary/aromatic N) is 1. The molecule has 8 nitrogen and oxygen atoms in total. The van der Waals surface area contributed by atoms with Crippen LogP contribution >= 0.6 is 11.6 Å². The molecule has 0 spiro atoms. The molecule has 4 atom stereocenters. The lowest BCUT2D eigenvalue weighted by atomic mass is 9.69. The number of benzene rings is 1. The fourth-order valence-electron chi connectivity index (χ4n) is 4.35. The fraction of sp³-hybridized carbons (Fsp3) is 0.600. The lowest BCUT2D eigenvalue weighted by molar-refractivity contribution is -0.300. The van der Waals surface area contributed by atoms with Gasteiger partial charge in [0.05, 0.1) is 11.5 Å². The van der Waals surface area contributed by atoms with Gasteiger partial charge in [-0.15, -0.1) is 0 Å². The van der Waals surface area contributed by atoms with Crippen LogP contribution in [0, 0.1) is 28.6 Å². The van der Waals surface area contributed by atoms with Gasteiger partial charge in [0.15, 0.2) is 5.60 Å². The monoisotopic (exact) mass is 544 g/mol. The lowest BCUT2D eigenvalue weighted by Crippen LogP contribution is -2.61. The second-order valence-electron chi connectivity index (χ2n) is 10.2. The van der Waals surface area contributed by atoms with E-state index in [1.54, 1.807) is 13.8 Å². The first-order valence-corrected chi connectivity index (χ1v) is 12.3. The third-order valence-corrected chi connectivity index (χ3v) is 6.88. The maximum atomic E-state index is 14.3. The summed E-state index contributed by atoms with van der Waals surface area (Å²) in [6.45, 7) is 5.84.